The van der Waals surface area contributed by atoms with E-state index in [0.29, 0.717) is 24.2 Å². The lowest BCUT2D eigenvalue weighted by atomic mass is 9.83. The number of amides is 1. The van der Waals surface area contributed by atoms with Gasteiger partial charge in [-0.15, -0.1) is 0 Å². The van der Waals surface area contributed by atoms with Gasteiger partial charge in [-0.25, -0.2) is 0 Å². The van der Waals surface area contributed by atoms with E-state index in [1.807, 2.05) is 21.6 Å². The van der Waals surface area contributed by atoms with Crippen LogP contribution in [0.2, 0.25) is 0 Å². The van der Waals surface area contributed by atoms with E-state index in [9.17, 15) is 9.59 Å². The predicted molar refractivity (Wildman–Crippen MR) is 77.6 cm³/mol. The summed E-state index contributed by atoms with van der Waals surface area (Å²) < 4.78 is 1.91. The van der Waals surface area contributed by atoms with Crippen molar-refractivity contribution in [2.24, 2.45) is 11.8 Å². The van der Waals surface area contributed by atoms with Gasteiger partial charge in [-0.1, -0.05) is 19.9 Å². The molecule has 0 aliphatic carbocycles. The number of fused-ring (bicyclic) bond motifs is 4. The van der Waals surface area contributed by atoms with Gasteiger partial charge in [0.2, 0.25) is 5.91 Å². The molecule has 20 heavy (non-hydrogen) atoms. The molecular formula is C16H22N2O2. The number of rotatable bonds is 2. The van der Waals surface area contributed by atoms with Crippen LogP contribution in [-0.2, 0) is 11.3 Å². The van der Waals surface area contributed by atoms with Gasteiger partial charge >= 0.3 is 0 Å². The molecule has 0 saturated carbocycles. The molecule has 2 aliphatic heterocycles. The average Bonchev–Trinajstić information content (AvgIpc) is 2.39. The van der Waals surface area contributed by atoms with Gasteiger partial charge < -0.3 is 9.47 Å². The number of nitrogens with zero attached hydrogens (tertiary/aromatic N) is 2. The monoisotopic (exact) mass is 274 g/mol. The van der Waals surface area contributed by atoms with Crippen LogP contribution in [0.1, 0.15) is 38.3 Å². The summed E-state index contributed by atoms with van der Waals surface area (Å²) in [5.74, 6) is 1.42. The normalized spacial score (nSPS) is 24.6. The number of aromatic nitrogens is 1. The van der Waals surface area contributed by atoms with Crippen molar-refractivity contribution in [3.05, 3.63) is 34.2 Å². The molecule has 0 spiro atoms. The lowest BCUT2D eigenvalue weighted by molar-refractivity contribution is -0.134. The number of hydrogen-bond acceptors (Lipinski definition) is 2. The third-order valence-corrected chi connectivity index (χ3v) is 4.42. The fourth-order valence-corrected chi connectivity index (χ4v) is 3.58. The highest BCUT2D eigenvalue weighted by molar-refractivity contribution is 5.76. The Labute approximate surface area is 119 Å². The van der Waals surface area contributed by atoms with E-state index in [4.69, 9.17) is 0 Å². The van der Waals surface area contributed by atoms with E-state index in [-0.39, 0.29) is 11.5 Å². The molecular weight excluding hydrogens is 252 g/mol. The maximum absolute atomic E-state index is 12.3. The minimum absolute atomic E-state index is 0.0964. The summed E-state index contributed by atoms with van der Waals surface area (Å²) in [6.07, 6.45) is 1.73. The average molecular weight is 274 g/mol. The second kappa shape index (κ2) is 5.08. The fraction of sp³-hybridized carbons (Fsp3) is 0.625. The Kier molecular flexibility index (Phi) is 3.40. The standard InChI is InChI=1S/C16H22N2O2/c1-11(2)6-16(20)17-8-12-7-13(10-17)14-4-3-5-15(19)18(14)9-12/h3-5,11-13H,6-10H2,1-2H3. The molecule has 1 aromatic heterocycles. The van der Waals surface area contributed by atoms with E-state index < -0.39 is 0 Å². The lowest BCUT2D eigenvalue weighted by Crippen LogP contribution is -2.49. The highest BCUT2D eigenvalue weighted by atomic mass is 16.2. The summed E-state index contributed by atoms with van der Waals surface area (Å²) in [5, 5.41) is 0. The van der Waals surface area contributed by atoms with Crippen molar-refractivity contribution < 1.29 is 4.79 Å². The van der Waals surface area contributed by atoms with E-state index in [1.165, 1.54) is 0 Å². The number of likely N-dealkylation sites (tertiary alicyclic amines) is 1. The molecule has 3 heterocycles. The van der Waals surface area contributed by atoms with Crippen LogP contribution < -0.4 is 5.56 Å². The number of hydrogen-bond donors (Lipinski definition) is 0. The number of pyridine rings is 1. The summed E-state index contributed by atoms with van der Waals surface area (Å²) in [7, 11) is 0. The first-order valence-electron chi connectivity index (χ1n) is 7.52. The smallest absolute Gasteiger partial charge is 0.250 e. The Balaban J connectivity index is 1.84. The minimum atomic E-state index is 0.0964. The number of carbonyl (C=O) groups is 1. The van der Waals surface area contributed by atoms with Crippen LogP contribution in [0.3, 0.4) is 0 Å². The first kappa shape index (κ1) is 13.4. The van der Waals surface area contributed by atoms with Crippen LogP contribution in [0.15, 0.2) is 23.0 Å². The largest absolute Gasteiger partial charge is 0.342 e. The molecule has 108 valence electrons. The zero-order chi connectivity index (χ0) is 14.3. The van der Waals surface area contributed by atoms with Crippen LogP contribution in [0.4, 0.5) is 0 Å². The van der Waals surface area contributed by atoms with Crippen molar-refractivity contribution in [3.63, 3.8) is 0 Å². The molecule has 1 fully saturated rings. The molecule has 1 saturated heterocycles. The minimum Gasteiger partial charge on any atom is -0.342 e. The Morgan fingerprint density at radius 2 is 2.10 bits per heavy atom. The van der Waals surface area contributed by atoms with Gasteiger partial charge in [-0.3, -0.25) is 9.59 Å². The molecule has 4 nitrogen and oxygen atoms in total. The molecule has 0 radical (unpaired) electrons. The molecule has 2 bridgehead atoms. The lowest BCUT2D eigenvalue weighted by Gasteiger charge is -2.43. The zero-order valence-corrected chi connectivity index (χ0v) is 12.2. The molecule has 2 atom stereocenters. The number of piperidine rings is 1. The summed E-state index contributed by atoms with van der Waals surface area (Å²) in [5.41, 5.74) is 1.20. The maximum Gasteiger partial charge on any atom is 0.250 e. The van der Waals surface area contributed by atoms with Crippen LogP contribution >= 0.6 is 0 Å². The van der Waals surface area contributed by atoms with Gasteiger partial charge in [0.1, 0.15) is 0 Å². The van der Waals surface area contributed by atoms with E-state index in [2.05, 4.69) is 13.8 Å². The van der Waals surface area contributed by atoms with Gasteiger partial charge in [0, 0.05) is 43.7 Å². The van der Waals surface area contributed by atoms with Gasteiger partial charge in [-0.05, 0) is 24.3 Å². The molecule has 0 aromatic carbocycles. The molecule has 0 N–H and O–H groups in total. The topological polar surface area (TPSA) is 42.3 Å². The van der Waals surface area contributed by atoms with Crippen molar-refractivity contribution in [2.75, 3.05) is 13.1 Å². The molecule has 4 heteroatoms. The molecule has 1 aromatic rings. The second-order valence-corrected chi connectivity index (χ2v) is 6.59. The highest BCUT2D eigenvalue weighted by Crippen LogP contribution is 2.35. The summed E-state index contributed by atoms with van der Waals surface area (Å²) in [6, 6.07) is 5.51. The van der Waals surface area contributed by atoms with Crippen LogP contribution in [0.5, 0.6) is 0 Å². The van der Waals surface area contributed by atoms with Gasteiger partial charge in [0.25, 0.3) is 5.56 Å². The quantitative estimate of drug-likeness (QED) is 0.826. The first-order chi connectivity index (χ1) is 9.54. The molecule has 1 amide bonds. The Bertz CT molecular complexity index is 576. The fourth-order valence-electron chi connectivity index (χ4n) is 3.58. The van der Waals surface area contributed by atoms with Gasteiger partial charge in [-0.2, -0.15) is 0 Å². The van der Waals surface area contributed by atoms with Crippen molar-refractivity contribution in [1.82, 2.24) is 9.47 Å². The van der Waals surface area contributed by atoms with E-state index in [0.717, 1.165) is 31.7 Å². The van der Waals surface area contributed by atoms with Crippen molar-refractivity contribution >= 4 is 5.91 Å². The van der Waals surface area contributed by atoms with Crippen LogP contribution in [0.25, 0.3) is 0 Å². The summed E-state index contributed by atoms with van der Waals surface area (Å²) in [6.45, 7) is 6.50. The zero-order valence-electron chi connectivity index (χ0n) is 12.2. The third kappa shape index (κ3) is 2.39. The van der Waals surface area contributed by atoms with Crippen LogP contribution in [0, 0.1) is 11.8 Å². The Morgan fingerprint density at radius 3 is 2.85 bits per heavy atom. The third-order valence-electron chi connectivity index (χ3n) is 4.42. The second-order valence-electron chi connectivity index (χ2n) is 6.59. The highest BCUT2D eigenvalue weighted by Gasteiger charge is 2.36. The molecule has 3 rings (SSSR count). The molecule has 2 unspecified atom stereocenters. The van der Waals surface area contributed by atoms with Crippen molar-refractivity contribution in [3.8, 4) is 0 Å². The summed E-state index contributed by atoms with van der Waals surface area (Å²) in [4.78, 5) is 26.2. The number of carbonyl (C=O) groups excluding carboxylic acids is 1. The Morgan fingerprint density at radius 1 is 1.30 bits per heavy atom. The molecule has 2 aliphatic rings. The van der Waals surface area contributed by atoms with Crippen LogP contribution in [-0.4, -0.2) is 28.5 Å². The van der Waals surface area contributed by atoms with Gasteiger partial charge in [0.15, 0.2) is 0 Å². The Hall–Kier alpha value is -1.58. The van der Waals surface area contributed by atoms with E-state index in [1.54, 1.807) is 6.07 Å². The van der Waals surface area contributed by atoms with Gasteiger partial charge in [0.05, 0.1) is 0 Å². The van der Waals surface area contributed by atoms with Crippen molar-refractivity contribution in [1.29, 1.82) is 0 Å². The first-order valence-corrected chi connectivity index (χ1v) is 7.52. The maximum atomic E-state index is 12.3. The SMILES string of the molecule is CC(C)CC(=O)N1CC2CC(C1)c1cccc(=O)n1C2. The van der Waals surface area contributed by atoms with Crippen molar-refractivity contribution in [2.45, 2.75) is 39.2 Å². The summed E-state index contributed by atoms with van der Waals surface area (Å²) >= 11 is 0. The van der Waals surface area contributed by atoms with E-state index >= 15 is 0 Å². The predicted octanol–water partition coefficient (Wildman–Crippen LogP) is 1.84.